The van der Waals surface area contributed by atoms with Crippen molar-refractivity contribution in [2.75, 3.05) is 57.6 Å². The molecule has 0 bridgehead atoms. The second-order valence-corrected chi connectivity index (χ2v) is 11.9. The zero-order valence-electron chi connectivity index (χ0n) is 25.4. The summed E-state index contributed by atoms with van der Waals surface area (Å²) in [5.41, 5.74) is 3.03. The van der Waals surface area contributed by atoms with E-state index >= 15 is 0 Å². The fourth-order valence-corrected chi connectivity index (χ4v) is 5.77. The highest BCUT2D eigenvalue weighted by Crippen LogP contribution is 2.33. The number of fused-ring (bicyclic) bond motifs is 1. The van der Waals surface area contributed by atoms with Crippen LogP contribution >= 0.6 is 23.2 Å². The number of halogens is 2. The molecule has 0 unspecified atom stereocenters. The molecule has 1 saturated heterocycles. The van der Waals surface area contributed by atoms with Gasteiger partial charge in [-0.3, -0.25) is 4.90 Å². The van der Waals surface area contributed by atoms with Crippen LogP contribution in [-0.2, 0) is 15.9 Å². The van der Waals surface area contributed by atoms with Gasteiger partial charge in [0.2, 0.25) is 6.79 Å². The Morgan fingerprint density at radius 3 is 2.58 bits per heavy atom. The Balaban J connectivity index is 1.09. The number of piperazine rings is 1. The second kappa shape index (κ2) is 18.2. The van der Waals surface area contributed by atoms with Crippen molar-refractivity contribution in [1.82, 2.24) is 10.2 Å². The standard InChI is InChI=1S/C33H46Cl2N4O4/c1-2-3-4-5-6-7-17-36-33(40)43-25-42-31-16-14-26-13-15-27(24-29(26)37-31)41-23-9-8-18-38-19-21-39(22-20-38)30-12-10-11-28(34)32(30)35/h10-13,15,24H,2-9,14,16-23,25H2,1H3,(H,36,40). The SMILES string of the molecule is CCCCCCCCNC(=O)OCOC1=Nc2cc(OCCCCN3CCN(c4cccc(Cl)c4Cl)CC3)ccc2CC1. The molecule has 2 heterocycles. The molecule has 2 aliphatic heterocycles. The molecule has 0 atom stereocenters. The fraction of sp³-hybridized carbons (Fsp3) is 0.576. The molecular formula is C33H46Cl2N4O4. The van der Waals surface area contributed by atoms with E-state index in [0.29, 0.717) is 35.5 Å². The van der Waals surface area contributed by atoms with Crippen LogP contribution in [0.5, 0.6) is 5.75 Å². The molecule has 0 aliphatic carbocycles. The van der Waals surface area contributed by atoms with Gasteiger partial charge in [0.1, 0.15) is 5.75 Å². The van der Waals surface area contributed by atoms with E-state index in [0.717, 1.165) is 87.5 Å². The van der Waals surface area contributed by atoms with Crippen molar-refractivity contribution in [3.8, 4) is 5.75 Å². The van der Waals surface area contributed by atoms with E-state index in [2.05, 4.69) is 33.1 Å². The van der Waals surface area contributed by atoms with Crippen LogP contribution in [0.15, 0.2) is 41.4 Å². The Hall–Kier alpha value is -2.68. The number of anilines is 1. The summed E-state index contributed by atoms with van der Waals surface area (Å²) in [6, 6.07) is 11.9. The molecule has 2 aromatic carbocycles. The average Bonchev–Trinajstić information content (AvgIpc) is 3.02. The van der Waals surface area contributed by atoms with E-state index in [1.807, 2.05) is 30.3 Å². The summed E-state index contributed by atoms with van der Waals surface area (Å²) in [5.74, 6) is 1.38. The predicted octanol–water partition coefficient (Wildman–Crippen LogP) is 8.01. The normalized spacial score (nSPS) is 15.0. The number of nitrogens with one attached hydrogen (secondary N) is 1. The Morgan fingerprint density at radius 2 is 1.74 bits per heavy atom. The molecule has 4 rings (SSSR count). The number of hydrogen-bond acceptors (Lipinski definition) is 7. The van der Waals surface area contributed by atoms with Gasteiger partial charge in [-0.1, -0.05) is 74.4 Å². The van der Waals surface area contributed by atoms with Crippen LogP contribution in [-0.4, -0.2) is 69.6 Å². The highest BCUT2D eigenvalue weighted by Gasteiger charge is 2.19. The molecule has 1 amide bonds. The predicted molar refractivity (Wildman–Crippen MR) is 176 cm³/mol. The average molecular weight is 634 g/mol. The van der Waals surface area contributed by atoms with Crippen molar-refractivity contribution in [2.45, 2.75) is 71.1 Å². The van der Waals surface area contributed by atoms with Crippen molar-refractivity contribution >= 4 is 46.6 Å². The molecule has 43 heavy (non-hydrogen) atoms. The van der Waals surface area contributed by atoms with Crippen molar-refractivity contribution in [2.24, 2.45) is 4.99 Å². The summed E-state index contributed by atoms with van der Waals surface area (Å²) < 4.78 is 16.8. The van der Waals surface area contributed by atoms with Crippen LogP contribution < -0.4 is 15.0 Å². The minimum absolute atomic E-state index is 0.143. The van der Waals surface area contributed by atoms with Gasteiger partial charge in [0.05, 0.1) is 28.0 Å². The molecule has 1 N–H and O–H groups in total. The first-order chi connectivity index (χ1) is 21.0. The zero-order valence-corrected chi connectivity index (χ0v) is 26.9. The quantitative estimate of drug-likeness (QED) is 0.149. The van der Waals surface area contributed by atoms with Gasteiger partial charge in [-0.05, 0) is 56.0 Å². The highest BCUT2D eigenvalue weighted by molar-refractivity contribution is 6.43. The van der Waals surface area contributed by atoms with E-state index in [-0.39, 0.29) is 6.79 Å². The first kappa shape index (κ1) is 33.2. The Bertz CT molecular complexity index is 1190. The van der Waals surface area contributed by atoms with Gasteiger partial charge in [-0.15, -0.1) is 0 Å². The molecule has 8 nitrogen and oxygen atoms in total. The second-order valence-electron chi connectivity index (χ2n) is 11.1. The first-order valence-corrected chi connectivity index (χ1v) is 16.6. The highest BCUT2D eigenvalue weighted by atomic mass is 35.5. The van der Waals surface area contributed by atoms with E-state index < -0.39 is 6.09 Å². The lowest BCUT2D eigenvalue weighted by Crippen LogP contribution is -2.46. The number of ether oxygens (including phenoxy) is 3. The summed E-state index contributed by atoms with van der Waals surface area (Å²) >= 11 is 12.6. The number of rotatable bonds is 16. The molecule has 10 heteroatoms. The molecule has 0 aromatic heterocycles. The number of aryl methyl sites for hydroxylation is 1. The minimum atomic E-state index is -0.453. The molecule has 236 valence electrons. The Kier molecular flexibility index (Phi) is 14.1. The lowest BCUT2D eigenvalue weighted by molar-refractivity contribution is 0.0505. The lowest BCUT2D eigenvalue weighted by Gasteiger charge is -2.36. The summed E-state index contributed by atoms with van der Waals surface area (Å²) in [6.45, 7) is 8.29. The van der Waals surface area contributed by atoms with Gasteiger partial charge < -0.3 is 24.4 Å². The summed E-state index contributed by atoms with van der Waals surface area (Å²) in [5, 5.41) is 4.02. The molecule has 0 radical (unpaired) electrons. The van der Waals surface area contributed by atoms with E-state index in [9.17, 15) is 4.79 Å². The number of nitrogens with zero attached hydrogens (tertiary/aromatic N) is 3. The van der Waals surface area contributed by atoms with Gasteiger partial charge in [0, 0.05) is 45.2 Å². The van der Waals surface area contributed by atoms with Crippen molar-refractivity contribution in [1.29, 1.82) is 0 Å². The van der Waals surface area contributed by atoms with Crippen LogP contribution in [0.1, 0.15) is 70.3 Å². The van der Waals surface area contributed by atoms with Crippen LogP contribution in [0.2, 0.25) is 10.0 Å². The van der Waals surface area contributed by atoms with Gasteiger partial charge in [-0.25, -0.2) is 9.79 Å². The van der Waals surface area contributed by atoms with E-state index in [1.165, 1.54) is 25.7 Å². The summed E-state index contributed by atoms with van der Waals surface area (Å²) in [6.07, 6.45) is 10.2. The molecule has 0 spiro atoms. The Labute approximate surface area is 266 Å². The van der Waals surface area contributed by atoms with Gasteiger partial charge >= 0.3 is 6.09 Å². The number of unbranched alkanes of at least 4 members (excludes halogenated alkanes) is 6. The number of aliphatic imine (C=N–C) groups is 1. The molecule has 2 aliphatic rings. The lowest BCUT2D eigenvalue weighted by atomic mass is 10.0. The summed E-state index contributed by atoms with van der Waals surface area (Å²) in [4.78, 5) is 21.3. The van der Waals surface area contributed by atoms with Crippen LogP contribution in [0.4, 0.5) is 16.2 Å². The number of carbonyl (C=O) groups is 1. The third kappa shape index (κ3) is 11.1. The number of benzene rings is 2. The third-order valence-corrected chi connectivity index (χ3v) is 8.72. The molecular weight excluding hydrogens is 587 g/mol. The van der Waals surface area contributed by atoms with Gasteiger partial charge in [0.15, 0.2) is 5.90 Å². The number of carbonyl (C=O) groups excluding carboxylic acids is 1. The van der Waals surface area contributed by atoms with Crippen molar-refractivity contribution in [3.63, 3.8) is 0 Å². The maximum Gasteiger partial charge on any atom is 0.410 e. The number of amides is 1. The molecule has 1 fully saturated rings. The van der Waals surface area contributed by atoms with Crippen molar-refractivity contribution < 1.29 is 19.0 Å². The topological polar surface area (TPSA) is 75.6 Å². The monoisotopic (exact) mass is 632 g/mol. The number of hydrogen-bond donors (Lipinski definition) is 1. The maximum atomic E-state index is 11.9. The first-order valence-electron chi connectivity index (χ1n) is 15.8. The van der Waals surface area contributed by atoms with Crippen LogP contribution in [0, 0.1) is 0 Å². The minimum Gasteiger partial charge on any atom is -0.494 e. The van der Waals surface area contributed by atoms with Crippen LogP contribution in [0.25, 0.3) is 0 Å². The van der Waals surface area contributed by atoms with Crippen LogP contribution in [0.3, 0.4) is 0 Å². The van der Waals surface area contributed by atoms with Gasteiger partial charge in [-0.2, -0.15) is 0 Å². The third-order valence-electron chi connectivity index (χ3n) is 7.91. The van der Waals surface area contributed by atoms with Gasteiger partial charge in [0.25, 0.3) is 0 Å². The largest absolute Gasteiger partial charge is 0.494 e. The smallest absolute Gasteiger partial charge is 0.410 e. The molecule has 2 aromatic rings. The van der Waals surface area contributed by atoms with Crippen molar-refractivity contribution in [3.05, 3.63) is 52.0 Å². The molecule has 0 saturated carbocycles. The fourth-order valence-electron chi connectivity index (χ4n) is 5.36. The Morgan fingerprint density at radius 1 is 0.930 bits per heavy atom. The number of alkyl carbamates (subject to hydrolysis) is 1. The summed E-state index contributed by atoms with van der Waals surface area (Å²) in [7, 11) is 0. The zero-order chi connectivity index (χ0) is 30.3. The maximum absolute atomic E-state index is 11.9. The van der Waals surface area contributed by atoms with E-state index in [4.69, 9.17) is 37.4 Å². The van der Waals surface area contributed by atoms with E-state index in [1.54, 1.807) is 0 Å².